The molecule has 2 heterocycles. The Labute approximate surface area is 153 Å². The van der Waals surface area contributed by atoms with E-state index in [2.05, 4.69) is 10.3 Å². The molecule has 2 aromatic rings. The molecule has 2 amide bonds. The standard InChI is InChI=1S/C16H15Cl2N3O2S/c1-9-8-24-16(19-9)20-14(22)13-3-2-4-21(13)15(23)10-5-11(17)7-12(18)6-10/h5-8,13H,2-4H2,1H3,(H,19,20,22). The van der Waals surface area contributed by atoms with Gasteiger partial charge in [0.1, 0.15) is 6.04 Å². The average molecular weight is 384 g/mol. The van der Waals surface area contributed by atoms with Crippen molar-refractivity contribution >= 4 is 51.5 Å². The van der Waals surface area contributed by atoms with Crippen LogP contribution in [0.2, 0.25) is 10.0 Å². The normalized spacial score (nSPS) is 17.1. The van der Waals surface area contributed by atoms with Crippen LogP contribution >= 0.6 is 34.5 Å². The van der Waals surface area contributed by atoms with E-state index in [0.29, 0.717) is 33.7 Å². The molecule has 3 rings (SSSR count). The number of halogens is 2. The Kier molecular flexibility index (Phi) is 5.08. The van der Waals surface area contributed by atoms with Crippen molar-refractivity contribution in [2.45, 2.75) is 25.8 Å². The van der Waals surface area contributed by atoms with Crippen molar-refractivity contribution in [1.29, 1.82) is 0 Å². The number of aromatic nitrogens is 1. The molecule has 5 nitrogen and oxygen atoms in total. The van der Waals surface area contributed by atoms with Gasteiger partial charge in [0.2, 0.25) is 5.91 Å². The van der Waals surface area contributed by atoms with E-state index in [1.807, 2.05) is 12.3 Å². The third kappa shape index (κ3) is 3.71. The van der Waals surface area contributed by atoms with E-state index in [1.54, 1.807) is 23.1 Å². The Balaban J connectivity index is 1.77. The molecule has 0 aliphatic carbocycles. The Morgan fingerprint density at radius 1 is 1.29 bits per heavy atom. The van der Waals surface area contributed by atoms with Gasteiger partial charge in [-0.05, 0) is 38.0 Å². The van der Waals surface area contributed by atoms with Crippen LogP contribution in [0.3, 0.4) is 0 Å². The van der Waals surface area contributed by atoms with Gasteiger partial charge in [0, 0.05) is 27.5 Å². The summed E-state index contributed by atoms with van der Waals surface area (Å²) >= 11 is 13.3. The first-order chi connectivity index (χ1) is 11.4. The molecule has 1 unspecified atom stereocenters. The van der Waals surface area contributed by atoms with Crippen LogP contribution in [-0.4, -0.2) is 34.3 Å². The molecule has 1 aromatic heterocycles. The highest BCUT2D eigenvalue weighted by Crippen LogP contribution is 2.25. The zero-order valence-electron chi connectivity index (χ0n) is 12.9. The fraction of sp³-hybridized carbons (Fsp3) is 0.312. The topological polar surface area (TPSA) is 62.3 Å². The number of aryl methyl sites for hydroxylation is 1. The zero-order chi connectivity index (χ0) is 17.3. The summed E-state index contributed by atoms with van der Waals surface area (Å²) in [5, 5.41) is 5.98. The van der Waals surface area contributed by atoms with Gasteiger partial charge >= 0.3 is 0 Å². The summed E-state index contributed by atoms with van der Waals surface area (Å²) in [6.07, 6.45) is 1.39. The van der Waals surface area contributed by atoms with Crippen molar-refractivity contribution in [3.8, 4) is 0 Å². The van der Waals surface area contributed by atoms with E-state index < -0.39 is 6.04 Å². The molecular formula is C16H15Cl2N3O2S. The number of benzene rings is 1. The maximum absolute atomic E-state index is 12.7. The maximum Gasteiger partial charge on any atom is 0.254 e. The summed E-state index contributed by atoms with van der Waals surface area (Å²) in [7, 11) is 0. The van der Waals surface area contributed by atoms with Gasteiger partial charge in [-0.1, -0.05) is 23.2 Å². The van der Waals surface area contributed by atoms with Crippen LogP contribution < -0.4 is 5.32 Å². The Hall–Kier alpha value is -1.63. The fourth-order valence-corrected chi connectivity index (χ4v) is 3.94. The second-order valence-corrected chi connectivity index (χ2v) is 7.33. The van der Waals surface area contributed by atoms with Crippen LogP contribution in [-0.2, 0) is 4.79 Å². The summed E-state index contributed by atoms with van der Waals surface area (Å²) in [4.78, 5) is 31.0. The summed E-state index contributed by atoms with van der Waals surface area (Å²) in [6.45, 7) is 2.39. The quantitative estimate of drug-likeness (QED) is 0.870. The minimum Gasteiger partial charge on any atom is -0.327 e. The third-order valence-electron chi connectivity index (χ3n) is 3.77. The Bertz CT molecular complexity index is 773. The zero-order valence-corrected chi connectivity index (χ0v) is 15.2. The summed E-state index contributed by atoms with van der Waals surface area (Å²) in [6, 6.07) is 4.18. The molecule has 0 radical (unpaired) electrons. The van der Waals surface area contributed by atoms with Crippen molar-refractivity contribution in [2.24, 2.45) is 0 Å². The number of likely N-dealkylation sites (tertiary alicyclic amines) is 1. The van der Waals surface area contributed by atoms with Crippen LogP contribution in [0.1, 0.15) is 28.9 Å². The van der Waals surface area contributed by atoms with Crippen LogP contribution in [0.4, 0.5) is 5.13 Å². The van der Waals surface area contributed by atoms with Crippen LogP contribution in [0.25, 0.3) is 0 Å². The fourth-order valence-electron chi connectivity index (χ4n) is 2.73. The molecule has 0 spiro atoms. The summed E-state index contributed by atoms with van der Waals surface area (Å²) < 4.78 is 0. The molecule has 1 atom stereocenters. The molecular weight excluding hydrogens is 369 g/mol. The number of nitrogens with one attached hydrogen (secondary N) is 1. The Morgan fingerprint density at radius 2 is 2.00 bits per heavy atom. The highest BCUT2D eigenvalue weighted by Gasteiger charge is 2.35. The van der Waals surface area contributed by atoms with Gasteiger partial charge in [-0.2, -0.15) is 0 Å². The minimum absolute atomic E-state index is 0.219. The molecule has 1 aliphatic rings. The van der Waals surface area contributed by atoms with E-state index >= 15 is 0 Å². The Morgan fingerprint density at radius 3 is 2.62 bits per heavy atom. The molecule has 1 aliphatic heterocycles. The lowest BCUT2D eigenvalue weighted by molar-refractivity contribution is -0.119. The molecule has 0 saturated carbocycles. The predicted molar refractivity (Wildman–Crippen MR) is 96.0 cm³/mol. The molecule has 1 aromatic carbocycles. The summed E-state index contributed by atoms with van der Waals surface area (Å²) in [5.41, 5.74) is 1.24. The lowest BCUT2D eigenvalue weighted by Crippen LogP contribution is -2.43. The maximum atomic E-state index is 12.7. The van der Waals surface area contributed by atoms with Crippen molar-refractivity contribution in [2.75, 3.05) is 11.9 Å². The van der Waals surface area contributed by atoms with Crippen LogP contribution in [0, 0.1) is 6.92 Å². The smallest absolute Gasteiger partial charge is 0.254 e. The highest BCUT2D eigenvalue weighted by molar-refractivity contribution is 7.13. The lowest BCUT2D eigenvalue weighted by atomic mass is 10.1. The highest BCUT2D eigenvalue weighted by atomic mass is 35.5. The molecule has 8 heteroatoms. The molecule has 0 bridgehead atoms. The minimum atomic E-state index is -0.514. The SMILES string of the molecule is Cc1csc(NC(=O)C2CCCN2C(=O)c2cc(Cl)cc(Cl)c2)n1. The number of thiazole rings is 1. The van der Waals surface area contributed by atoms with E-state index in [-0.39, 0.29) is 11.8 Å². The van der Waals surface area contributed by atoms with Gasteiger partial charge in [0.15, 0.2) is 5.13 Å². The number of carbonyl (C=O) groups excluding carboxylic acids is 2. The first-order valence-electron chi connectivity index (χ1n) is 7.44. The van der Waals surface area contributed by atoms with Gasteiger partial charge < -0.3 is 10.2 Å². The number of nitrogens with zero attached hydrogens (tertiary/aromatic N) is 2. The van der Waals surface area contributed by atoms with E-state index in [4.69, 9.17) is 23.2 Å². The van der Waals surface area contributed by atoms with Gasteiger partial charge in [0.25, 0.3) is 5.91 Å². The van der Waals surface area contributed by atoms with Crippen molar-refractivity contribution < 1.29 is 9.59 Å². The largest absolute Gasteiger partial charge is 0.327 e. The molecule has 1 saturated heterocycles. The van der Waals surface area contributed by atoms with Crippen LogP contribution in [0.5, 0.6) is 0 Å². The number of carbonyl (C=O) groups is 2. The molecule has 1 N–H and O–H groups in total. The predicted octanol–water partition coefficient (Wildman–Crippen LogP) is 4.00. The number of amides is 2. The average Bonchev–Trinajstić information content (AvgIpc) is 3.14. The number of anilines is 1. The molecule has 24 heavy (non-hydrogen) atoms. The number of hydrogen-bond acceptors (Lipinski definition) is 4. The van der Waals surface area contributed by atoms with E-state index in [9.17, 15) is 9.59 Å². The number of rotatable bonds is 3. The monoisotopic (exact) mass is 383 g/mol. The van der Waals surface area contributed by atoms with Crippen LogP contribution in [0.15, 0.2) is 23.6 Å². The lowest BCUT2D eigenvalue weighted by Gasteiger charge is -2.23. The van der Waals surface area contributed by atoms with Crippen molar-refractivity contribution in [1.82, 2.24) is 9.88 Å². The van der Waals surface area contributed by atoms with E-state index in [0.717, 1.165) is 12.1 Å². The van der Waals surface area contributed by atoms with Gasteiger partial charge in [-0.15, -0.1) is 11.3 Å². The van der Waals surface area contributed by atoms with Gasteiger partial charge in [0.05, 0.1) is 5.69 Å². The van der Waals surface area contributed by atoms with E-state index in [1.165, 1.54) is 11.3 Å². The first-order valence-corrected chi connectivity index (χ1v) is 9.07. The second-order valence-electron chi connectivity index (χ2n) is 5.60. The van der Waals surface area contributed by atoms with Gasteiger partial charge in [-0.25, -0.2) is 4.98 Å². The van der Waals surface area contributed by atoms with Crippen molar-refractivity contribution in [3.63, 3.8) is 0 Å². The second kappa shape index (κ2) is 7.09. The molecule has 1 fully saturated rings. The number of hydrogen-bond donors (Lipinski definition) is 1. The molecule has 126 valence electrons. The third-order valence-corrected chi connectivity index (χ3v) is 5.09. The summed E-state index contributed by atoms with van der Waals surface area (Å²) in [5.74, 6) is -0.462. The van der Waals surface area contributed by atoms with Crippen molar-refractivity contribution in [3.05, 3.63) is 44.9 Å². The van der Waals surface area contributed by atoms with Gasteiger partial charge in [-0.3, -0.25) is 9.59 Å². The first kappa shape index (κ1) is 17.2.